The number of nitrogens with two attached hydrogens (primary N) is 1. The van der Waals surface area contributed by atoms with Crippen molar-refractivity contribution >= 4 is 52.7 Å². The number of amides is 5. The Bertz CT molecular complexity index is 2760. The third-order valence-electron chi connectivity index (χ3n) is 14.6. The number of carbonyl (C=O) groups excluding carboxylic acids is 5. The van der Waals surface area contributed by atoms with E-state index in [0.29, 0.717) is 59.3 Å². The van der Waals surface area contributed by atoms with Gasteiger partial charge in [0.15, 0.2) is 0 Å². The first kappa shape index (κ1) is 57.4. The number of methoxy groups -OCH3 is 1. The highest BCUT2D eigenvalue weighted by molar-refractivity contribution is 6.31. The van der Waals surface area contributed by atoms with Gasteiger partial charge in [-0.3, -0.25) is 24.0 Å². The van der Waals surface area contributed by atoms with Gasteiger partial charge < -0.3 is 50.0 Å². The standard InChI is InChI=1S/C58H73Cl2N9O7/c1-65(2)36-53-62-34-51(67(53)4)40-21-26-46(27-22-40)76-52-32-44(60)25-20-41(52)35-69-50(17-12-28-61)56(72)64-48(37-75-6)58(74)66(3)45(30-39-18-23-43(59)24-19-39)33-54(70)63-47-15-10-11-16-49(47)68(5)57(73)42(31-55(69)71)29-38-13-8-7-9-14-38/h7-9,13-14,18-27,32,34,42,45,47-50H,10-12,15-17,28-31,33,35-37,61H2,1-6H3,(H,63,70)(H,64,72)/t42-,45+,47+,48+,49+,50+/m1/s1. The second-order valence-corrected chi connectivity index (χ2v) is 21.3. The van der Waals surface area contributed by atoms with Crippen molar-refractivity contribution in [1.82, 2.24) is 39.8 Å². The molecule has 1 saturated carbocycles. The Morgan fingerprint density at radius 1 is 0.789 bits per heavy atom. The SMILES string of the molecule is COC[C@@H]1NC(=O)[C@H](CCCN)N(Cc2ccc(Cl)cc2Oc2ccc(-c3cnc(CN(C)C)n3C)cc2)C(=O)C[C@@H](Cc2ccccc2)C(=O)N(C)[C@H]2CCCC[C@@H]2NC(=O)C[C@H](Cc2ccc(Cl)cc2)N(C)C1=O. The zero-order valence-corrected chi connectivity index (χ0v) is 46.1. The summed E-state index contributed by atoms with van der Waals surface area (Å²) in [5.74, 6) is -1.21. The Hall–Kier alpha value is -6.30. The van der Waals surface area contributed by atoms with Gasteiger partial charge in [-0.25, -0.2) is 4.98 Å². The molecule has 18 heteroatoms. The molecule has 4 N–H and O–H groups in total. The van der Waals surface area contributed by atoms with E-state index in [1.165, 1.54) is 16.9 Å². The molecule has 1 saturated heterocycles. The molecule has 7 rings (SSSR count). The van der Waals surface area contributed by atoms with Gasteiger partial charge in [-0.1, -0.05) is 84.6 Å². The quantitative estimate of drug-likeness (QED) is 0.0899. The smallest absolute Gasteiger partial charge is 0.247 e. The molecule has 5 aromatic rings. The van der Waals surface area contributed by atoms with Gasteiger partial charge in [0.05, 0.1) is 43.5 Å². The van der Waals surface area contributed by atoms with Crippen LogP contribution in [0.15, 0.2) is 103 Å². The molecule has 0 spiro atoms. The van der Waals surface area contributed by atoms with Crippen molar-refractivity contribution in [1.29, 1.82) is 0 Å². The molecule has 5 amide bonds. The molecule has 76 heavy (non-hydrogen) atoms. The van der Waals surface area contributed by atoms with Gasteiger partial charge in [0.2, 0.25) is 29.5 Å². The van der Waals surface area contributed by atoms with Gasteiger partial charge in [-0.15, -0.1) is 0 Å². The molecule has 0 radical (unpaired) electrons. The molecule has 406 valence electrons. The largest absolute Gasteiger partial charge is 0.457 e. The number of likely N-dealkylation sites (N-methyl/N-ethyl adjacent to an activating group) is 2. The molecule has 1 aromatic heterocycles. The lowest BCUT2D eigenvalue weighted by Gasteiger charge is -2.40. The minimum absolute atomic E-state index is 0.0602. The summed E-state index contributed by atoms with van der Waals surface area (Å²) in [5.41, 5.74) is 10.3. The lowest BCUT2D eigenvalue weighted by atomic mass is 9.87. The number of ether oxygens (including phenoxy) is 2. The Kier molecular flexibility index (Phi) is 20.5. The molecular formula is C58H73Cl2N9O7. The summed E-state index contributed by atoms with van der Waals surface area (Å²) in [5, 5.41) is 7.15. The van der Waals surface area contributed by atoms with Gasteiger partial charge in [0, 0.05) is 74.4 Å². The van der Waals surface area contributed by atoms with Crippen LogP contribution in [0.3, 0.4) is 0 Å². The first-order valence-electron chi connectivity index (χ1n) is 26.1. The third-order valence-corrected chi connectivity index (χ3v) is 15.1. The van der Waals surface area contributed by atoms with E-state index < -0.39 is 41.8 Å². The maximum absolute atomic E-state index is 15.6. The van der Waals surface area contributed by atoms with Crippen LogP contribution >= 0.6 is 23.2 Å². The predicted octanol–water partition coefficient (Wildman–Crippen LogP) is 7.42. The molecule has 4 aromatic carbocycles. The fourth-order valence-corrected chi connectivity index (χ4v) is 10.7. The van der Waals surface area contributed by atoms with E-state index in [2.05, 4.69) is 25.1 Å². The molecule has 6 atom stereocenters. The summed E-state index contributed by atoms with van der Waals surface area (Å²) in [6, 6.07) is 25.6. The molecule has 1 aliphatic heterocycles. The number of halogens is 2. The zero-order valence-electron chi connectivity index (χ0n) is 44.6. The number of imidazole rings is 1. The number of carbonyl (C=O) groups is 5. The normalized spacial score (nSPS) is 21.5. The lowest BCUT2D eigenvalue weighted by molar-refractivity contribution is -0.148. The highest BCUT2D eigenvalue weighted by atomic mass is 35.5. The van der Waals surface area contributed by atoms with Crippen molar-refractivity contribution < 1.29 is 33.4 Å². The summed E-state index contributed by atoms with van der Waals surface area (Å²) in [6.45, 7) is 0.539. The van der Waals surface area contributed by atoms with Crippen LogP contribution in [-0.4, -0.2) is 137 Å². The van der Waals surface area contributed by atoms with E-state index in [1.807, 2.05) is 94.1 Å². The Balaban J connectivity index is 1.30. The van der Waals surface area contributed by atoms with Crippen LogP contribution in [0, 0.1) is 5.92 Å². The fraction of sp³-hybridized carbons (Fsp3) is 0.448. The van der Waals surface area contributed by atoms with Gasteiger partial charge in [-0.2, -0.15) is 0 Å². The summed E-state index contributed by atoms with van der Waals surface area (Å²) in [6.07, 6.45) is 5.49. The molecular weight excluding hydrogens is 1010 g/mol. The second kappa shape index (κ2) is 27.1. The number of nitrogens with one attached hydrogen (secondary N) is 2. The number of nitrogens with zero attached hydrogens (tertiary/aromatic N) is 6. The van der Waals surface area contributed by atoms with Crippen LogP contribution in [0.25, 0.3) is 11.3 Å². The van der Waals surface area contributed by atoms with Crippen molar-refractivity contribution in [3.05, 3.63) is 136 Å². The van der Waals surface area contributed by atoms with E-state index in [-0.39, 0.29) is 69.3 Å². The van der Waals surface area contributed by atoms with Gasteiger partial charge in [0.25, 0.3) is 0 Å². The first-order chi connectivity index (χ1) is 36.5. The molecule has 0 unspecified atom stereocenters. The minimum atomic E-state index is -1.22. The molecule has 2 fully saturated rings. The van der Waals surface area contributed by atoms with Crippen molar-refractivity contribution in [2.75, 3.05) is 48.5 Å². The number of hydrogen-bond donors (Lipinski definition) is 3. The van der Waals surface area contributed by atoms with Crippen molar-refractivity contribution in [2.45, 2.75) is 108 Å². The fourth-order valence-electron chi connectivity index (χ4n) is 10.4. The number of fused-ring (bicyclic) bond motifs is 1. The van der Waals surface area contributed by atoms with Crippen LogP contribution in [0.2, 0.25) is 10.0 Å². The summed E-state index contributed by atoms with van der Waals surface area (Å²) in [7, 11) is 10.8. The Labute approximate surface area is 457 Å². The van der Waals surface area contributed by atoms with Crippen LogP contribution in [0.5, 0.6) is 11.5 Å². The molecule has 1 aliphatic carbocycles. The molecule has 2 heterocycles. The summed E-state index contributed by atoms with van der Waals surface area (Å²) >= 11 is 12.9. The second-order valence-electron chi connectivity index (χ2n) is 20.4. The molecule has 0 bridgehead atoms. The number of benzene rings is 4. The summed E-state index contributed by atoms with van der Waals surface area (Å²) < 4.78 is 14.2. The van der Waals surface area contributed by atoms with E-state index in [0.717, 1.165) is 41.1 Å². The topological polar surface area (TPSA) is 185 Å². The van der Waals surface area contributed by atoms with Crippen molar-refractivity contribution in [3.8, 4) is 22.8 Å². The van der Waals surface area contributed by atoms with E-state index in [9.17, 15) is 9.59 Å². The van der Waals surface area contributed by atoms with Gasteiger partial charge in [0.1, 0.15) is 29.4 Å². The number of rotatable bonds is 16. The number of hydrogen-bond acceptors (Lipinski definition) is 10. The van der Waals surface area contributed by atoms with E-state index in [1.54, 1.807) is 49.3 Å². The number of aromatic nitrogens is 2. The predicted molar refractivity (Wildman–Crippen MR) is 296 cm³/mol. The van der Waals surface area contributed by atoms with Crippen molar-refractivity contribution in [3.63, 3.8) is 0 Å². The average molecular weight is 1080 g/mol. The average Bonchev–Trinajstić information content (AvgIpc) is 3.76. The summed E-state index contributed by atoms with van der Waals surface area (Å²) in [4.78, 5) is 86.4. The van der Waals surface area contributed by atoms with E-state index >= 15 is 14.4 Å². The minimum Gasteiger partial charge on any atom is -0.457 e. The monoisotopic (exact) mass is 1080 g/mol. The van der Waals surface area contributed by atoms with Crippen LogP contribution in [0.1, 0.15) is 73.9 Å². The zero-order chi connectivity index (χ0) is 54.5. The van der Waals surface area contributed by atoms with Gasteiger partial charge >= 0.3 is 0 Å². The van der Waals surface area contributed by atoms with Crippen LogP contribution < -0.4 is 21.1 Å². The Morgan fingerprint density at radius 2 is 1.49 bits per heavy atom. The van der Waals surface area contributed by atoms with Crippen molar-refractivity contribution in [2.24, 2.45) is 18.7 Å². The highest BCUT2D eigenvalue weighted by Crippen LogP contribution is 2.34. The molecule has 16 nitrogen and oxygen atoms in total. The van der Waals surface area contributed by atoms with Crippen LogP contribution in [0.4, 0.5) is 0 Å². The van der Waals surface area contributed by atoms with E-state index in [4.69, 9.17) is 38.4 Å². The van der Waals surface area contributed by atoms with Gasteiger partial charge in [-0.05, 0) is 119 Å². The maximum atomic E-state index is 15.6. The lowest BCUT2D eigenvalue weighted by Crippen LogP contribution is -2.59. The maximum Gasteiger partial charge on any atom is 0.247 e. The molecule has 2 aliphatic rings. The van der Waals surface area contributed by atoms with Crippen LogP contribution in [-0.2, 0) is 61.7 Å². The third kappa shape index (κ3) is 15.0. The highest BCUT2D eigenvalue weighted by Gasteiger charge is 2.40. The Morgan fingerprint density at radius 3 is 2.18 bits per heavy atom. The first-order valence-corrected chi connectivity index (χ1v) is 26.9.